The summed E-state index contributed by atoms with van der Waals surface area (Å²) in [6.07, 6.45) is 1.13. The first-order chi connectivity index (χ1) is 14.8. The molecule has 0 saturated carbocycles. The van der Waals surface area contributed by atoms with Crippen LogP contribution >= 0.6 is 27.3 Å². The number of aryl methyl sites for hydroxylation is 2. The molecule has 1 aromatic heterocycles. The van der Waals surface area contributed by atoms with Crippen LogP contribution in [0.5, 0.6) is 5.75 Å². The first-order valence-corrected chi connectivity index (χ1v) is 13.4. The van der Waals surface area contributed by atoms with E-state index in [4.69, 9.17) is 9.72 Å². The number of ether oxygens (including phenoxy) is 1. The number of thiazole rings is 1. The van der Waals surface area contributed by atoms with E-state index < -0.39 is 15.1 Å². The molecule has 1 aliphatic heterocycles. The molecule has 0 aliphatic carbocycles. The smallest absolute Gasteiger partial charge is 0.185 e. The summed E-state index contributed by atoms with van der Waals surface area (Å²) in [7, 11) is -1.98. The van der Waals surface area contributed by atoms with Gasteiger partial charge in [0, 0.05) is 28.5 Å². The number of nitrogens with zero attached hydrogens (tertiary/aromatic N) is 2. The third-order valence-electron chi connectivity index (χ3n) is 5.88. The highest BCUT2D eigenvalue weighted by atomic mass is 79.9. The molecule has 5 nitrogen and oxygen atoms in total. The van der Waals surface area contributed by atoms with Crippen LogP contribution in [0.15, 0.2) is 51.1 Å². The number of anilines is 1. The van der Waals surface area contributed by atoms with Gasteiger partial charge in [0.1, 0.15) is 10.6 Å². The van der Waals surface area contributed by atoms with E-state index in [1.807, 2.05) is 0 Å². The SMILES string of the molecule is COc1ccc(Br)cc1S(=O)(=O)C1CCN(c2nc(-c3ccc(C)c(C)c3)cs2)CC1. The van der Waals surface area contributed by atoms with E-state index in [9.17, 15) is 8.42 Å². The van der Waals surface area contributed by atoms with Crippen molar-refractivity contribution in [2.24, 2.45) is 0 Å². The number of benzene rings is 2. The van der Waals surface area contributed by atoms with Crippen molar-refractivity contribution < 1.29 is 13.2 Å². The Labute approximate surface area is 196 Å². The van der Waals surface area contributed by atoms with Crippen LogP contribution in [0.25, 0.3) is 11.3 Å². The Balaban J connectivity index is 1.49. The molecule has 164 valence electrons. The molecule has 2 heterocycles. The van der Waals surface area contributed by atoms with Crippen molar-refractivity contribution in [2.75, 3.05) is 25.1 Å². The zero-order chi connectivity index (χ0) is 22.2. The van der Waals surface area contributed by atoms with Crippen LogP contribution in [-0.4, -0.2) is 38.9 Å². The number of halogens is 1. The van der Waals surface area contributed by atoms with Gasteiger partial charge in [0.25, 0.3) is 0 Å². The van der Waals surface area contributed by atoms with Gasteiger partial charge in [-0.2, -0.15) is 0 Å². The summed E-state index contributed by atoms with van der Waals surface area (Å²) in [6, 6.07) is 11.5. The first kappa shape index (κ1) is 22.3. The van der Waals surface area contributed by atoms with Gasteiger partial charge in [0.2, 0.25) is 0 Å². The monoisotopic (exact) mass is 520 g/mol. The molecule has 8 heteroatoms. The Morgan fingerprint density at radius 1 is 1.10 bits per heavy atom. The van der Waals surface area contributed by atoms with Crippen LogP contribution in [0.1, 0.15) is 24.0 Å². The maximum Gasteiger partial charge on any atom is 0.185 e. The maximum absolute atomic E-state index is 13.3. The fourth-order valence-electron chi connectivity index (χ4n) is 3.85. The summed E-state index contributed by atoms with van der Waals surface area (Å²) in [5.41, 5.74) is 4.60. The number of piperidine rings is 1. The first-order valence-electron chi connectivity index (χ1n) is 10.1. The van der Waals surface area contributed by atoms with Crippen LogP contribution in [0.3, 0.4) is 0 Å². The molecule has 0 spiro atoms. The van der Waals surface area contributed by atoms with Crippen molar-refractivity contribution >= 4 is 42.2 Å². The maximum atomic E-state index is 13.3. The lowest BCUT2D eigenvalue weighted by Gasteiger charge is -2.31. The molecule has 0 N–H and O–H groups in total. The second-order valence-electron chi connectivity index (χ2n) is 7.84. The van der Waals surface area contributed by atoms with Crippen molar-refractivity contribution in [3.8, 4) is 17.0 Å². The van der Waals surface area contributed by atoms with Gasteiger partial charge in [-0.15, -0.1) is 11.3 Å². The third kappa shape index (κ3) is 4.52. The zero-order valence-corrected chi connectivity index (χ0v) is 21.0. The van der Waals surface area contributed by atoms with Crippen molar-refractivity contribution in [1.82, 2.24) is 4.98 Å². The number of sulfone groups is 1. The minimum Gasteiger partial charge on any atom is -0.495 e. The average Bonchev–Trinajstić information content (AvgIpc) is 3.26. The molecule has 1 fully saturated rings. The third-order valence-corrected chi connectivity index (χ3v) is 9.55. The van der Waals surface area contributed by atoms with Gasteiger partial charge < -0.3 is 9.64 Å². The minimum absolute atomic E-state index is 0.258. The van der Waals surface area contributed by atoms with Crippen molar-refractivity contribution in [1.29, 1.82) is 0 Å². The highest BCUT2D eigenvalue weighted by Crippen LogP contribution is 2.35. The van der Waals surface area contributed by atoms with E-state index in [2.05, 4.69) is 58.3 Å². The molecule has 0 bridgehead atoms. The van der Waals surface area contributed by atoms with Gasteiger partial charge in [0.05, 0.1) is 18.1 Å². The molecule has 31 heavy (non-hydrogen) atoms. The highest BCUT2D eigenvalue weighted by Gasteiger charge is 2.34. The van der Waals surface area contributed by atoms with Gasteiger partial charge in [-0.05, 0) is 62.1 Å². The fourth-order valence-corrected chi connectivity index (χ4v) is 7.17. The molecule has 2 aromatic carbocycles. The molecule has 4 rings (SSSR count). The minimum atomic E-state index is -3.48. The van der Waals surface area contributed by atoms with E-state index >= 15 is 0 Å². The lowest BCUT2D eigenvalue weighted by atomic mass is 10.1. The number of rotatable bonds is 5. The molecule has 0 unspecified atom stereocenters. The van der Waals surface area contributed by atoms with Crippen LogP contribution in [0, 0.1) is 13.8 Å². The molecule has 1 aliphatic rings. The summed E-state index contributed by atoms with van der Waals surface area (Å²) in [4.78, 5) is 7.28. The van der Waals surface area contributed by atoms with E-state index in [0.717, 1.165) is 20.9 Å². The lowest BCUT2D eigenvalue weighted by Crippen LogP contribution is -2.39. The van der Waals surface area contributed by atoms with Crippen LogP contribution < -0.4 is 9.64 Å². The van der Waals surface area contributed by atoms with Gasteiger partial charge in [-0.1, -0.05) is 28.1 Å². The number of hydrogen-bond acceptors (Lipinski definition) is 6. The number of aromatic nitrogens is 1. The summed E-state index contributed by atoms with van der Waals surface area (Å²) < 4.78 is 32.6. The second-order valence-corrected chi connectivity index (χ2v) is 11.8. The Morgan fingerprint density at radius 3 is 2.52 bits per heavy atom. The molecular formula is C23H25BrN2O3S2. The average molecular weight is 522 g/mol. The summed E-state index contributed by atoms with van der Waals surface area (Å²) in [5.74, 6) is 0.392. The predicted molar refractivity (Wildman–Crippen MR) is 130 cm³/mol. The number of hydrogen-bond donors (Lipinski definition) is 0. The normalized spacial score (nSPS) is 15.3. The van der Waals surface area contributed by atoms with Crippen LogP contribution in [0.2, 0.25) is 0 Å². The van der Waals surface area contributed by atoms with Crippen molar-refractivity contribution in [2.45, 2.75) is 36.8 Å². The van der Waals surface area contributed by atoms with Gasteiger partial charge in [-0.3, -0.25) is 0 Å². The van der Waals surface area contributed by atoms with Gasteiger partial charge in [-0.25, -0.2) is 13.4 Å². The van der Waals surface area contributed by atoms with E-state index in [-0.39, 0.29) is 4.90 Å². The van der Waals surface area contributed by atoms with Crippen molar-refractivity contribution in [3.05, 3.63) is 57.4 Å². The van der Waals surface area contributed by atoms with Crippen LogP contribution in [-0.2, 0) is 9.84 Å². The second kappa shape index (κ2) is 8.92. The highest BCUT2D eigenvalue weighted by molar-refractivity contribution is 9.10. The summed E-state index contributed by atoms with van der Waals surface area (Å²) in [5, 5.41) is 2.60. The fraction of sp³-hybridized carbons (Fsp3) is 0.348. The van der Waals surface area contributed by atoms with E-state index in [0.29, 0.717) is 31.7 Å². The Bertz CT molecular complexity index is 1200. The lowest BCUT2D eigenvalue weighted by molar-refractivity contribution is 0.401. The Hall–Kier alpha value is -1.90. The van der Waals surface area contributed by atoms with Crippen molar-refractivity contribution in [3.63, 3.8) is 0 Å². The van der Waals surface area contributed by atoms with Gasteiger partial charge >= 0.3 is 0 Å². The summed E-state index contributed by atoms with van der Waals surface area (Å²) >= 11 is 4.99. The molecule has 1 saturated heterocycles. The number of methoxy groups -OCH3 is 1. The molecule has 0 radical (unpaired) electrons. The van der Waals surface area contributed by atoms with Crippen LogP contribution in [0.4, 0.5) is 5.13 Å². The molecular weight excluding hydrogens is 496 g/mol. The topological polar surface area (TPSA) is 59.5 Å². The van der Waals surface area contributed by atoms with E-state index in [1.165, 1.54) is 18.2 Å². The summed E-state index contributed by atoms with van der Waals surface area (Å²) in [6.45, 7) is 5.55. The predicted octanol–water partition coefficient (Wildman–Crippen LogP) is 5.64. The standard InChI is InChI=1S/C23H25BrN2O3S2/c1-15-4-5-17(12-16(15)2)20-14-30-23(25-20)26-10-8-19(9-11-26)31(27,28)22-13-18(24)6-7-21(22)29-3/h4-7,12-14,19H,8-11H2,1-3H3. The molecule has 0 amide bonds. The van der Waals surface area contributed by atoms with E-state index in [1.54, 1.807) is 29.5 Å². The molecule has 0 atom stereocenters. The zero-order valence-electron chi connectivity index (χ0n) is 17.8. The Kier molecular flexibility index (Phi) is 6.42. The molecule has 3 aromatic rings. The van der Waals surface area contributed by atoms with Gasteiger partial charge in [0.15, 0.2) is 15.0 Å². The quantitative estimate of drug-likeness (QED) is 0.435. The largest absolute Gasteiger partial charge is 0.495 e. The Morgan fingerprint density at radius 2 is 1.84 bits per heavy atom.